The van der Waals surface area contributed by atoms with Crippen LogP contribution in [0.25, 0.3) is 0 Å². The highest BCUT2D eigenvalue weighted by molar-refractivity contribution is 5.54. The van der Waals surface area contributed by atoms with E-state index in [1.807, 2.05) is 0 Å². The van der Waals surface area contributed by atoms with Gasteiger partial charge in [0.15, 0.2) is 0 Å². The third kappa shape index (κ3) is 4.46. The predicted octanol–water partition coefficient (Wildman–Crippen LogP) is 4.42. The molecule has 2 saturated heterocycles. The van der Waals surface area contributed by atoms with Crippen molar-refractivity contribution in [2.45, 2.75) is 70.4 Å². The molecule has 160 valence electrons. The smallest absolute Gasteiger partial charge is 0.224 e. The summed E-state index contributed by atoms with van der Waals surface area (Å²) >= 11 is 0. The van der Waals surface area contributed by atoms with E-state index in [4.69, 9.17) is 9.97 Å². The Morgan fingerprint density at radius 3 is 2.53 bits per heavy atom. The molecule has 2 aromatic rings. The van der Waals surface area contributed by atoms with Gasteiger partial charge in [-0.2, -0.15) is 4.98 Å². The van der Waals surface area contributed by atoms with Crippen LogP contribution in [0.15, 0.2) is 30.3 Å². The van der Waals surface area contributed by atoms with Crippen molar-refractivity contribution in [3.8, 4) is 0 Å². The van der Waals surface area contributed by atoms with E-state index in [2.05, 4.69) is 45.4 Å². The maximum absolute atomic E-state index is 5.06. The van der Waals surface area contributed by atoms with Gasteiger partial charge in [-0.1, -0.05) is 43.2 Å². The van der Waals surface area contributed by atoms with Gasteiger partial charge in [0.25, 0.3) is 0 Å². The minimum absolute atomic E-state index is 0.559. The van der Waals surface area contributed by atoms with E-state index in [9.17, 15) is 0 Å². The SMILES string of the molecule is c1ccc(CN2CCCC2CNc2nc3c(c(N4CCCCCC4)n2)CCC3)cc1. The number of nitrogens with one attached hydrogen (secondary N) is 1. The molecule has 5 heteroatoms. The number of hydrogen-bond donors (Lipinski definition) is 1. The molecule has 5 nitrogen and oxygen atoms in total. The molecule has 1 unspecified atom stereocenters. The highest BCUT2D eigenvalue weighted by atomic mass is 15.3. The van der Waals surface area contributed by atoms with Crippen molar-refractivity contribution in [2.24, 2.45) is 0 Å². The van der Waals surface area contributed by atoms with Crippen LogP contribution in [0.4, 0.5) is 11.8 Å². The Balaban J connectivity index is 1.28. The van der Waals surface area contributed by atoms with E-state index >= 15 is 0 Å². The Labute approximate surface area is 180 Å². The average molecular weight is 406 g/mol. The van der Waals surface area contributed by atoms with Crippen LogP contribution in [0, 0.1) is 0 Å². The fourth-order valence-corrected chi connectivity index (χ4v) is 5.40. The summed E-state index contributed by atoms with van der Waals surface area (Å²) in [5.74, 6) is 2.08. The van der Waals surface area contributed by atoms with E-state index in [0.717, 1.165) is 45.0 Å². The Kier molecular flexibility index (Phi) is 6.16. The van der Waals surface area contributed by atoms with E-state index in [1.54, 1.807) is 0 Å². The van der Waals surface area contributed by atoms with Gasteiger partial charge in [-0.05, 0) is 57.1 Å². The predicted molar refractivity (Wildman–Crippen MR) is 123 cm³/mol. The summed E-state index contributed by atoms with van der Waals surface area (Å²) in [6.07, 6.45) is 11.3. The molecule has 1 aliphatic carbocycles. The number of hydrogen-bond acceptors (Lipinski definition) is 5. The molecule has 0 spiro atoms. The molecule has 2 aliphatic heterocycles. The quantitative estimate of drug-likeness (QED) is 0.771. The third-order valence-corrected chi connectivity index (χ3v) is 7.04. The second-order valence-electron chi connectivity index (χ2n) is 9.18. The number of anilines is 2. The number of aryl methyl sites for hydroxylation is 1. The van der Waals surface area contributed by atoms with Crippen LogP contribution in [0.3, 0.4) is 0 Å². The number of rotatable bonds is 6. The van der Waals surface area contributed by atoms with Crippen LogP contribution in [0.5, 0.6) is 0 Å². The minimum atomic E-state index is 0.559. The van der Waals surface area contributed by atoms with Crippen LogP contribution in [-0.2, 0) is 19.4 Å². The highest BCUT2D eigenvalue weighted by Crippen LogP contribution is 2.31. The molecule has 1 aromatic heterocycles. The zero-order valence-corrected chi connectivity index (χ0v) is 18.2. The fourth-order valence-electron chi connectivity index (χ4n) is 5.40. The average Bonchev–Trinajstić information content (AvgIpc) is 3.34. The molecule has 30 heavy (non-hydrogen) atoms. The lowest BCUT2D eigenvalue weighted by atomic mass is 10.2. The van der Waals surface area contributed by atoms with Gasteiger partial charge in [-0.3, -0.25) is 4.90 Å². The monoisotopic (exact) mass is 405 g/mol. The van der Waals surface area contributed by atoms with E-state index in [0.29, 0.717) is 6.04 Å². The topological polar surface area (TPSA) is 44.3 Å². The largest absolute Gasteiger partial charge is 0.356 e. The molecule has 1 N–H and O–H groups in total. The molecule has 1 aromatic carbocycles. The number of benzene rings is 1. The van der Waals surface area contributed by atoms with Crippen molar-refractivity contribution in [3.05, 3.63) is 47.2 Å². The lowest BCUT2D eigenvalue weighted by Crippen LogP contribution is -2.35. The zero-order chi connectivity index (χ0) is 20.2. The Morgan fingerprint density at radius 2 is 1.70 bits per heavy atom. The Morgan fingerprint density at radius 1 is 0.867 bits per heavy atom. The second kappa shape index (κ2) is 9.34. The zero-order valence-electron chi connectivity index (χ0n) is 18.2. The first kappa shape index (κ1) is 19.8. The number of fused-ring (bicyclic) bond motifs is 1. The van der Waals surface area contributed by atoms with E-state index in [-0.39, 0.29) is 0 Å². The second-order valence-corrected chi connectivity index (χ2v) is 9.18. The summed E-state index contributed by atoms with van der Waals surface area (Å²) in [6, 6.07) is 11.4. The van der Waals surface area contributed by atoms with Crippen LogP contribution in [0.1, 0.15) is 61.8 Å². The van der Waals surface area contributed by atoms with Crippen LogP contribution < -0.4 is 10.2 Å². The first-order chi connectivity index (χ1) is 14.9. The van der Waals surface area contributed by atoms with Crippen LogP contribution in [-0.4, -0.2) is 47.1 Å². The summed E-state index contributed by atoms with van der Waals surface area (Å²) in [6.45, 7) is 5.46. The van der Waals surface area contributed by atoms with Crippen molar-refractivity contribution in [1.29, 1.82) is 0 Å². The third-order valence-electron chi connectivity index (χ3n) is 7.04. The van der Waals surface area contributed by atoms with Gasteiger partial charge >= 0.3 is 0 Å². The summed E-state index contributed by atoms with van der Waals surface area (Å²) in [7, 11) is 0. The molecule has 0 amide bonds. The Bertz CT molecular complexity index is 829. The molecule has 0 radical (unpaired) electrons. The maximum Gasteiger partial charge on any atom is 0.224 e. The summed E-state index contributed by atoms with van der Waals surface area (Å²) in [5, 5.41) is 3.64. The minimum Gasteiger partial charge on any atom is -0.356 e. The first-order valence-electron chi connectivity index (χ1n) is 12.0. The molecule has 0 saturated carbocycles. The summed E-state index contributed by atoms with van der Waals surface area (Å²) in [5.41, 5.74) is 4.12. The lowest BCUT2D eigenvalue weighted by molar-refractivity contribution is 0.254. The van der Waals surface area contributed by atoms with Gasteiger partial charge < -0.3 is 10.2 Å². The molecule has 5 rings (SSSR count). The first-order valence-corrected chi connectivity index (χ1v) is 12.0. The number of aromatic nitrogens is 2. The Hall–Kier alpha value is -2.14. The van der Waals surface area contributed by atoms with Gasteiger partial charge in [0.1, 0.15) is 5.82 Å². The number of likely N-dealkylation sites (tertiary alicyclic amines) is 1. The van der Waals surface area contributed by atoms with Crippen molar-refractivity contribution in [3.63, 3.8) is 0 Å². The van der Waals surface area contributed by atoms with Gasteiger partial charge in [0.05, 0.1) is 5.69 Å². The van der Waals surface area contributed by atoms with Gasteiger partial charge in [-0.25, -0.2) is 4.98 Å². The van der Waals surface area contributed by atoms with Gasteiger partial charge in [0, 0.05) is 37.8 Å². The molecule has 3 heterocycles. The van der Waals surface area contributed by atoms with Crippen molar-refractivity contribution in [2.75, 3.05) is 36.4 Å². The van der Waals surface area contributed by atoms with Gasteiger partial charge in [-0.15, -0.1) is 0 Å². The summed E-state index contributed by atoms with van der Waals surface area (Å²) in [4.78, 5) is 15.2. The molecule has 1 atom stereocenters. The maximum atomic E-state index is 5.06. The fraction of sp³-hybridized carbons (Fsp3) is 0.600. The van der Waals surface area contributed by atoms with E-state index < -0.39 is 0 Å². The lowest BCUT2D eigenvalue weighted by Gasteiger charge is -2.26. The molecule has 2 fully saturated rings. The van der Waals surface area contributed by atoms with Crippen LogP contribution in [0.2, 0.25) is 0 Å². The highest BCUT2D eigenvalue weighted by Gasteiger charge is 2.26. The van der Waals surface area contributed by atoms with Gasteiger partial charge in [0.2, 0.25) is 5.95 Å². The van der Waals surface area contributed by atoms with Crippen molar-refractivity contribution in [1.82, 2.24) is 14.9 Å². The normalized spacial score (nSPS) is 22.1. The standard InChI is InChI=1S/C25H35N5/c1-2-7-16-29(15-6-1)24-22-13-8-14-23(22)27-25(28-24)26-18-21-12-9-17-30(21)19-20-10-4-3-5-11-20/h3-5,10-11,21H,1-2,6-9,12-19H2,(H,26,27,28). The molecular formula is C25H35N5. The summed E-state index contributed by atoms with van der Waals surface area (Å²) < 4.78 is 0. The number of nitrogens with zero attached hydrogens (tertiary/aromatic N) is 4. The molecular weight excluding hydrogens is 370 g/mol. The molecule has 3 aliphatic rings. The van der Waals surface area contributed by atoms with Crippen molar-refractivity contribution < 1.29 is 0 Å². The van der Waals surface area contributed by atoms with E-state index in [1.165, 1.54) is 74.1 Å². The van der Waals surface area contributed by atoms with Crippen molar-refractivity contribution >= 4 is 11.8 Å². The van der Waals surface area contributed by atoms with Crippen LogP contribution >= 0.6 is 0 Å². The molecule has 0 bridgehead atoms.